The number of carbonyl (C=O) groups excluding carboxylic acids is 2. The van der Waals surface area contributed by atoms with Crippen molar-refractivity contribution in [3.63, 3.8) is 0 Å². The van der Waals surface area contributed by atoms with Gasteiger partial charge in [-0.05, 0) is 43.9 Å². The lowest BCUT2D eigenvalue weighted by atomic mass is 10.2. The monoisotopic (exact) mass is 583 g/mol. The number of nitrogens with zero attached hydrogens (tertiary/aromatic N) is 4. The van der Waals surface area contributed by atoms with Crippen LogP contribution in [0.4, 0.5) is 19.0 Å². The number of halogens is 4. The van der Waals surface area contributed by atoms with Gasteiger partial charge in [0, 0.05) is 31.2 Å². The van der Waals surface area contributed by atoms with Gasteiger partial charge in [0.1, 0.15) is 24.7 Å². The van der Waals surface area contributed by atoms with E-state index in [0.717, 1.165) is 22.6 Å². The maximum absolute atomic E-state index is 13.5. The molecule has 0 fully saturated rings. The van der Waals surface area contributed by atoms with Crippen molar-refractivity contribution in [1.82, 2.24) is 19.4 Å². The molecule has 40 heavy (non-hydrogen) atoms. The van der Waals surface area contributed by atoms with Crippen LogP contribution in [-0.4, -0.2) is 85.5 Å². The summed E-state index contributed by atoms with van der Waals surface area (Å²) < 4.78 is 54.3. The van der Waals surface area contributed by atoms with Crippen molar-refractivity contribution in [2.45, 2.75) is 12.9 Å². The number of imide groups is 1. The van der Waals surface area contributed by atoms with Crippen molar-refractivity contribution in [2.24, 2.45) is 0 Å². The first kappa shape index (κ1) is 30.6. The van der Waals surface area contributed by atoms with Crippen LogP contribution in [-0.2, 0) is 11.3 Å². The van der Waals surface area contributed by atoms with Gasteiger partial charge in [0.05, 0.1) is 6.54 Å². The zero-order valence-electron chi connectivity index (χ0n) is 22.1. The number of hydrogen-bond donors (Lipinski definition) is 1. The highest BCUT2D eigenvalue weighted by atomic mass is 35.5. The Bertz CT molecular complexity index is 1280. The van der Waals surface area contributed by atoms with E-state index < -0.39 is 18.0 Å². The van der Waals surface area contributed by atoms with Crippen molar-refractivity contribution < 1.29 is 37.0 Å². The molecule has 14 heteroatoms. The molecule has 1 N–H and O–H groups in total. The molecule has 1 heterocycles. The Kier molecular flexibility index (Phi) is 10.6. The highest BCUT2D eigenvalue weighted by molar-refractivity contribution is 6.30. The molecule has 2 amide bonds. The van der Waals surface area contributed by atoms with E-state index in [0.29, 0.717) is 18.0 Å². The van der Waals surface area contributed by atoms with Crippen LogP contribution in [0.2, 0.25) is 5.02 Å². The Hall–Kier alpha value is -3.97. The average Bonchev–Trinajstić information content (AvgIpc) is 3.24. The first-order chi connectivity index (χ1) is 19.0. The predicted molar refractivity (Wildman–Crippen MR) is 142 cm³/mol. The molecule has 1 aromatic heterocycles. The van der Waals surface area contributed by atoms with Gasteiger partial charge in [-0.3, -0.25) is 19.1 Å². The summed E-state index contributed by atoms with van der Waals surface area (Å²) in [6.45, 7) is 0.675. The number of aromatic nitrogens is 2. The second-order valence-electron chi connectivity index (χ2n) is 8.68. The summed E-state index contributed by atoms with van der Waals surface area (Å²) in [6.07, 6.45) is -4.36. The van der Waals surface area contributed by atoms with E-state index in [1.165, 1.54) is 16.7 Å². The maximum atomic E-state index is 13.5. The van der Waals surface area contributed by atoms with Gasteiger partial charge in [0.2, 0.25) is 6.41 Å². The summed E-state index contributed by atoms with van der Waals surface area (Å²) in [6, 6.07) is 12.1. The fourth-order valence-corrected chi connectivity index (χ4v) is 3.68. The van der Waals surface area contributed by atoms with Gasteiger partial charge in [0.15, 0.2) is 11.5 Å². The number of nitrogens with one attached hydrogen (secondary N) is 1. The van der Waals surface area contributed by atoms with Crippen LogP contribution in [0.1, 0.15) is 16.1 Å². The molecule has 3 rings (SSSR count). The SMILES string of the molecule is CNc1nc(OCCOc2cccc(OC(F)(F)F)c2)n(Cc2ccc(Cl)cc2)c1C(=O)N(C=O)CCN(C)C. The van der Waals surface area contributed by atoms with Gasteiger partial charge >= 0.3 is 6.36 Å². The summed E-state index contributed by atoms with van der Waals surface area (Å²) in [7, 11) is 5.23. The van der Waals surface area contributed by atoms with E-state index in [-0.39, 0.29) is 49.6 Å². The number of carbonyl (C=O) groups is 2. The molecule has 0 unspecified atom stereocenters. The smallest absolute Gasteiger partial charge is 0.490 e. The standard InChI is InChI=1S/C26H29ClF3N5O5/c1-31-23-22(24(37)34(17-36)12-11-33(2)3)35(16-18-7-9-19(27)10-8-18)25(32-23)39-14-13-38-20-5-4-6-21(15-20)40-26(28,29)30/h4-10,15,17,31H,11-14,16H2,1-3H3. The molecule has 3 aromatic rings. The highest BCUT2D eigenvalue weighted by Gasteiger charge is 2.31. The summed E-state index contributed by atoms with van der Waals surface area (Å²) in [5.41, 5.74) is 0.892. The second-order valence-corrected chi connectivity index (χ2v) is 9.12. The van der Waals surface area contributed by atoms with Crippen molar-refractivity contribution in [1.29, 1.82) is 0 Å². The minimum absolute atomic E-state index is 0.0509. The van der Waals surface area contributed by atoms with E-state index in [9.17, 15) is 22.8 Å². The number of likely N-dealkylation sites (N-methyl/N-ethyl adjacent to an activating group) is 1. The zero-order valence-corrected chi connectivity index (χ0v) is 22.8. The van der Waals surface area contributed by atoms with E-state index in [1.807, 2.05) is 19.0 Å². The highest BCUT2D eigenvalue weighted by Crippen LogP contribution is 2.27. The number of alkyl halides is 3. The van der Waals surface area contributed by atoms with Crippen LogP contribution in [0.5, 0.6) is 17.5 Å². The molecule has 2 aromatic carbocycles. The Labute approximate surface area is 234 Å². The number of benzene rings is 2. The number of amides is 2. The van der Waals surface area contributed by atoms with Gasteiger partial charge in [-0.15, -0.1) is 13.2 Å². The molecular formula is C26H29ClF3N5O5. The summed E-state index contributed by atoms with van der Waals surface area (Å²) in [4.78, 5) is 32.6. The van der Waals surface area contributed by atoms with Crippen LogP contribution in [0.25, 0.3) is 0 Å². The molecule has 216 valence electrons. The largest absolute Gasteiger partial charge is 0.573 e. The topological polar surface area (TPSA) is 98.2 Å². The lowest BCUT2D eigenvalue weighted by Gasteiger charge is -2.20. The normalized spacial score (nSPS) is 11.3. The Morgan fingerprint density at radius 3 is 2.38 bits per heavy atom. The molecule has 10 nitrogen and oxygen atoms in total. The summed E-state index contributed by atoms with van der Waals surface area (Å²) in [5, 5.41) is 3.41. The van der Waals surface area contributed by atoms with Gasteiger partial charge in [0.25, 0.3) is 11.9 Å². The van der Waals surface area contributed by atoms with Crippen LogP contribution in [0, 0.1) is 0 Å². The van der Waals surface area contributed by atoms with Crippen LogP contribution >= 0.6 is 11.6 Å². The molecule has 0 aliphatic rings. The Morgan fingerprint density at radius 1 is 1.07 bits per heavy atom. The Morgan fingerprint density at radius 2 is 1.75 bits per heavy atom. The van der Waals surface area contributed by atoms with Crippen molar-refractivity contribution >= 4 is 29.7 Å². The average molecular weight is 584 g/mol. The molecule has 0 radical (unpaired) electrons. The van der Waals surface area contributed by atoms with E-state index >= 15 is 0 Å². The van der Waals surface area contributed by atoms with Gasteiger partial charge in [-0.2, -0.15) is 4.98 Å². The van der Waals surface area contributed by atoms with E-state index in [2.05, 4.69) is 15.0 Å². The number of anilines is 1. The number of imidazole rings is 1. The third-order valence-electron chi connectivity index (χ3n) is 5.42. The van der Waals surface area contributed by atoms with Crippen LogP contribution in [0.15, 0.2) is 48.5 Å². The lowest BCUT2D eigenvalue weighted by molar-refractivity contribution is -0.274. The van der Waals surface area contributed by atoms with Crippen molar-refractivity contribution in [3.8, 4) is 17.5 Å². The molecule has 0 aliphatic heterocycles. The fraction of sp³-hybridized carbons (Fsp3) is 0.346. The first-order valence-corrected chi connectivity index (χ1v) is 12.4. The molecule has 0 saturated heterocycles. The molecule has 0 spiro atoms. The molecule has 0 saturated carbocycles. The third-order valence-corrected chi connectivity index (χ3v) is 5.68. The number of hydrogen-bond acceptors (Lipinski definition) is 8. The fourth-order valence-electron chi connectivity index (χ4n) is 3.55. The minimum atomic E-state index is -4.82. The number of ether oxygens (including phenoxy) is 3. The molecule has 0 aliphatic carbocycles. The van der Waals surface area contributed by atoms with Gasteiger partial charge < -0.3 is 24.4 Å². The van der Waals surface area contributed by atoms with Crippen molar-refractivity contribution in [2.75, 3.05) is 52.8 Å². The summed E-state index contributed by atoms with van der Waals surface area (Å²) in [5.74, 6) is -0.650. The van der Waals surface area contributed by atoms with Gasteiger partial charge in [-0.1, -0.05) is 29.8 Å². The molecule has 0 bridgehead atoms. The van der Waals surface area contributed by atoms with Crippen LogP contribution in [0.3, 0.4) is 0 Å². The van der Waals surface area contributed by atoms with Crippen LogP contribution < -0.4 is 19.5 Å². The minimum Gasteiger partial charge on any atom is -0.490 e. The molecule has 0 atom stereocenters. The van der Waals surface area contributed by atoms with E-state index in [1.54, 1.807) is 31.3 Å². The van der Waals surface area contributed by atoms with E-state index in [4.69, 9.17) is 21.1 Å². The number of rotatable bonds is 14. The predicted octanol–water partition coefficient (Wildman–Crippen LogP) is 4.14. The lowest BCUT2D eigenvalue weighted by Crippen LogP contribution is -2.37. The van der Waals surface area contributed by atoms with Crippen molar-refractivity contribution in [3.05, 3.63) is 64.8 Å². The zero-order chi connectivity index (χ0) is 29.3. The summed E-state index contributed by atoms with van der Waals surface area (Å²) >= 11 is 6.02. The molecular weight excluding hydrogens is 555 g/mol. The van der Waals surface area contributed by atoms with Gasteiger partial charge in [-0.25, -0.2) is 0 Å². The third kappa shape index (κ3) is 8.78. The second kappa shape index (κ2) is 13.9. The maximum Gasteiger partial charge on any atom is 0.573 e. The first-order valence-electron chi connectivity index (χ1n) is 12.1. The Balaban J connectivity index is 1.82. The quantitative estimate of drug-likeness (QED) is 0.223.